The van der Waals surface area contributed by atoms with Crippen LogP contribution in [-0.4, -0.2) is 27.2 Å². The van der Waals surface area contributed by atoms with E-state index in [0.717, 1.165) is 50.5 Å². The molecule has 0 radical (unpaired) electrons. The lowest BCUT2D eigenvalue weighted by Crippen LogP contribution is -2.38. The number of fused-ring (bicyclic) bond motifs is 2. The standard InChI is InChI=1S/C31H29FN2O2S/c1-19-34-27-11-10-22(15-29(27)37-19)30-25-14-21(8-9-24(25)18-33-30)28(35)13-20-5-4-12-31(36,16-20)17-23-6-2-3-7-26(23)32/h2-3,6-11,14-15,20,36H,4-5,12-13,16-18H2,1H3/t20-,31+/m0/s1. The van der Waals surface area contributed by atoms with Crippen molar-refractivity contribution in [2.75, 3.05) is 0 Å². The molecule has 2 aliphatic rings. The summed E-state index contributed by atoms with van der Waals surface area (Å²) in [7, 11) is 0. The number of hydrogen-bond acceptors (Lipinski definition) is 5. The number of aromatic nitrogens is 1. The number of carbonyl (C=O) groups excluding carboxylic acids is 1. The predicted octanol–water partition coefficient (Wildman–Crippen LogP) is 6.83. The minimum Gasteiger partial charge on any atom is -0.390 e. The lowest BCUT2D eigenvalue weighted by Gasteiger charge is -2.37. The molecule has 1 aromatic heterocycles. The average Bonchev–Trinajstić information content (AvgIpc) is 3.46. The van der Waals surface area contributed by atoms with E-state index >= 15 is 0 Å². The molecule has 1 N–H and O–H groups in total. The zero-order valence-electron chi connectivity index (χ0n) is 20.8. The van der Waals surface area contributed by atoms with E-state index in [9.17, 15) is 14.3 Å². The van der Waals surface area contributed by atoms with Crippen molar-refractivity contribution >= 4 is 33.0 Å². The lowest BCUT2D eigenvalue weighted by atomic mass is 9.73. The molecule has 4 nitrogen and oxygen atoms in total. The van der Waals surface area contributed by atoms with Crippen LogP contribution in [0.2, 0.25) is 0 Å². The Morgan fingerprint density at radius 2 is 2.03 bits per heavy atom. The van der Waals surface area contributed by atoms with E-state index in [1.165, 1.54) is 6.07 Å². The predicted molar refractivity (Wildman–Crippen MR) is 146 cm³/mol. The molecule has 0 spiro atoms. The van der Waals surface area contributed by atoms with Gasteiger partial charge in [-0.2, -0.15) is 0 Å². The summed E-state index contributed by atoms with van der Waals surface area (Å²) in [5.74, 6) is -0.117. The van der Waals surface area contributed by atoms with E-state index in [1.807, 2.05) is 31.2 Å². The summed E-state index contributed by atoms with van der Waals surface area (Å²) >= 11 is 1.67. The Balaban J connectivity index is 1.18. The fourth-order valence-electron chi connectivity index (χ4n) is 5.96. The minimum atomic E-state index is -0.975. The van der Waals surface area contributed by atoms with Gasteiger partial charge in [0.2, 0.25) is 0 Å². The molecule has 6 heteroatoms. The van der Waals surface area contributed by atoms with Gasteiger partial charge in [0.25, 0.3) is 0 Å². The van der Waals surface area contributed by atoms with Crippen molar-refractivity contribution < 1.29 is 14.3 Å². The van der Waals surface area contributed by atoms with Crippen LogP contribution in [-0.2, 0) is 13.0 Å². The molecule has 3 aromatic carbocycles. The first-order chi connectivity index (χ1) is 17.9. The SMILES string of the molecule is Cc1nc2ccc(C3=NCc4ccc(C(=O)C[C@@H]5CCC[C@](O)(Cc6ccccc6F)C5)cc43)cc2s1. The largest absolute Gasteiger partial charge is 0.390 e. The molecule has 1 saturated carbocycles. The number of hydrogen-bond donors (Lipinski definition) is 1. The van der Waals surface area contributed by atoms with Crippen molar-refractivity contribution in [3.63, 3.8) is 0 Å². The second kappa shape index (κ2) is 9.58. The Morgan fingerprint density at radius 3 is 2.89 bits per heavy atom. The highest BCUT2D eigenvalue weighted by molar-refractivity contribution is 7.18. The number of nitrogens with zero attached hydrogens (tertiary/aromatic N) is 2. The maximum Gasteiger partial charge on any atom is 0.163 e. The van der Waals surface area contributed by atoms with Gasteiger partial charge in [-0.15, -0.1) is 11.3 Å². The number of ketones is 1. The fourth-order valence-corrected chi connectivity index (χ4v) is 6.83. The van der Waals surface area contributed by atoms with Crippen molar-refractivity contribution in [1.29, 1.82) is 0 Å². The highest BCUT2D eigenvalue weighted by Crippen LogP contribution is 2.38. The molecule has 1 aliphatic heterocycles. The molecular weight excluding hydrogens is 483 g/mol. The number of rotatable bonds is 6. The lowest BCUT2D eigenvalue weighted by molar-refractivity contribution is -0.0164. The molecule has 2 atom stereocenters. The van der Waals surface area contributed by atoms with E-state index in [-0.39, 0.29) is 23.9 Å². The molecule has 0 unspecified atom stereocenters. The number of aryl methyl sites for hydroxylation is 1. The van der Waals surface area contributed by atoms with E-state index < -0.39 is 5.60 Å². The van der Waals surface area contributed by atoms with Gasteiger partial charge in [-0.3, -0.25) is 9.79 Å². The first-order valence-electron chi connectivity index (χ1n) is 12.9. The third-order valence-corrected chi connectivity index (χ3v) is 8.67. The first-order valence-corrected chi connectivity index (χ1v) is 13.7. The van der Waals surface area contributed by atoms with E-state index in [4.69, 9.17) is 4.99 Å². The maximum absolute atomic E-state index is 14.2. The average molecular weight is 513 g/mol. The van der Waals surface area contributed by atoms with E-state index in [2.05, 4.69) is 17.1 Å². The molecule has 0 bridgehead atoms. The zero-order chi connectivity index (χ0) is 25.6. The molecule has 1 fully saturated rings. The van der Waals surface area contributed by atoms with Gasteiger partial charge in [0.1, 0.15) is 5.82 Å². The summed E-state index contributed by atoms with van der Waals surface area (Å²) in [6.45, 7) is 2.63. The van der Waals surface area contributed by atoms with Crippen LogP contribution in [0, 0.1) is 18.7 Å². The van der Waals surface area contributed by atoms with Crippen LogP contribution in [0.25, 0.3) is 10.2 Å². The quantitative estimate of drug-likeness (QED) is 0.288. The van der Waals surface area contributed by atoms with Crippen LogP contribution in [0.4, 0.5) is 4.39 Å². The molecule has 0 amide bonds. The van der Waals surface area contributed by atoms with Gasteiger partial charge in [0.05, 0.1) is 33.1 Å². The van der Waals surface area contributed by atoms with Crippen LogP contribution in [0.1, 0.15) is 69.7 Å². The molecular formula is C31H29FN2O2S. The van der Waals surface area contributed by atoms with Crippen molar-refractivity contribution in [1.82, 2.24) is 4.98 Å². The topological polar surface area (TPSA) is 62.5 Å². The van der Waals surface area contributed by atoms with Crippen LogP contribution >= 0.6 is 11.3 Å². The third kappa shape index (κ3) is 4.88. The Kier molecular flexibility index (Phi) is 6.25. The highest BCUT2D eigenvalue weighted by Gasteiger charge is 2.36. The van der Waals surface area contributed by atoms with Gasteiger partial charge in [-0.25, -0.2) is 9.37 Å². The number of benzene rings is 3. The van der Waals surface area contributed by atoms with Gasteiger partial charge in [-0.05, 0) is 67.5 Å². The molecule has 1 aliphatic carbocycles. The number of aliphatic imine (C=N–C) groups is 1. The summed E-state index contributed by atoms with van der Waals surface area (Å²) in [5, 5.41) is 12.3. The summed E-state index contributed by atoms with van der Waals surface area (Å²) in [4.78, 5) is 22.7. The second-order valence-electron chi connectivity index (χ2n) is 10.5. The summed E-state index contributed by atoms with van der Waals surface area (Å²) in [6.07, 6.45) is 3.55. The van der Waals surface area contributed by atoms with Crippen LogP contribution in [0.3, 0.4) is 0 Å². The monoisotopic (exact) mass is 512 g/mol. The van der Waals surface area contributed by atoms with Gasteiger partial charge >= 0.3 is 0 Å². The molecule has 6 rings (SSSR count). The van der Waals surface area contributed by atoms with Gasteiger partial charge in [0.15, 0.2) is 5.78 Å². The minimum absolute atomic E-state index is 0.0800. The Hall–Kier alpha value is -3.22. The highest BCUT2D eigenvalue weighted by atomic mass is 32.1. The summed E-state index contributed by atoms with van der Waals surface area (Å²) in [5.41, 5.74) is 5.36. The van der Waals surface area contributed by atoms with Gasteiger partial charge < -0.3 is 5.11 Å². The Bertz CT molecular complexity index is 1540. The van der Waals surface area contributed by atoms with Gasteiger partial charge in [-0.1, -0.05) is 42.8 Å². The molecule has 2 heterocycles. The number of carbonyl (C=O) groups is 1. The van der Waals surface area contributed by atoms with Crippen molar-refractivity contribution in [2.45, 2.75) is 57.6 Å². The van der Waals surface area contributed by atoms with E-state index in [0.29, 0.717) is 36.9 Å². The Morgan fingerprint density at radius 1 is 1.16 bits per heavy atom. The normalized spacial score (nSPS) is 21.2. The van der Waals surface area contributed by atoms with Gasteiger partial charge in [0, 0.05) is 29.5 Å². The molecule has 37 heavy (non-hydrogen) atoms. The first kappa shape index (κ1) is 24.1. The number of thiazole rings is 1. The third-order valence-electron chi connectivity index (χ3n) is 7.74. The maximum atomic E-state index is 14.2. The fraction of sp³-hybridized carbons (Fsp3) is 0.323. The van der Waals surface area contributed by atoms with Crippen LogP contribution in [0.5, 0.6) is 0 Å². The van der Waals surface area contributed by atoms with Crippen molar-refractivity contribution in [3.05, 3.63) is 99.3 Å². The van der Waals surface area contributed by atoms with Crippen LogP contribution < -0.4 is 0 Å². The summed E-state index contributed by atoms with van der Waals surface area (Å²) < 4.78 is 15.3. The molecule has 0 saturated heterocycles. The van der Waals surface area contributed by atoms with E-state index in [1.54, 1.807) is 29.5 Å². The Labute approximate surface area is 219 Å². The van der Waals surface area contributed by atoms with Crippen LogP contribution in [0.15, 0.2) is 65.7 Å². The number of aliphatic hydroxyl groups is 1. The second-order valence-corrected chi connectivity index (χ2v) is 11.8. The zero-order valence-corrected chi connectivity index (χ0v) is 21.7. The molecule has 4 aromatic rings. The number of halogens is 1. The number of Topliss-reactive ketones (excluding diaryl/α,β-unsaturated/α-hetero) is 1. The van der Waals surface area contributed by atoms with Crippen molar-refractivity contribution in [3.8, 4) is 0 Å². The molecule has 188 valence electrons. The smallest absolute Gasteiger partial charge is 0.163 e. The van der Waals surface area contributed by atoms with Crippen molar-refractivity contribution in [2.24, 2.45) is 10.9 Å². The summed E-state index contributed by atoms with van der Waals surface area (Å²) in [6, 6.07) is 18.8.